The number of carbonyl (C=O) groups excluding carboxylic acids is 1. The quantitative estimate of drug-likeness (QED) is 0.168. The van der Waals surface area contributed by atoms with Crippen molar-refractivity contribution in [3.05, 3.63) is 100 Å². The van der Waals surface area contributed by atoms with Gasteiger partial charge in [-0.25, -0.2) is 5.43 Å². The first-order chi connectivity index (χ1) is 19.0. The molecule has 5 rings (SSSR count). The molecule has 2 aliphatic rings. The number of hydrogen-bond acceptors (Lipinski definition) is 6. The van der Waals surface area contributed by atoms with Gasteiger partial charge >= 0.3 is 0 Å². The van der Waals surface area contributed by atoms with Gasteiger partial charge in [0.05, 0.1) is 31.7 Å². The number of para-hydroxylation sites is 1. The summed E-state index contributed by atoms with van der Waals surface area (Å²) in [7, 11) is 3.35. The molecule has 202 valence electrons. The molecule has 39 heavy (non-hydrogen) atoms. The Bertz CT molecular complexity index is 1420. The molecule has 0 saturated heterocycles. The van der Waals surface area contributed by atoms with E-state index in [0.29, 0.717) is 22.4 Å². The minimum atomic E-state index is -0.130. The number of nitrogens with one attached hydrogen (secondary N) is 2. The van der Waals surface area contributed by atoms with Crippen LogP contribution < -0.4 is 20.2 Å². The number of nitrogens with zero attached hydrogens (tertiary/aromatic N) is 1. The van der Waals surface area contributed by atoms with Crippen LogP contribution in [0.2, 0.25) is 5.02 Å². The van der Waals surface area contributed by atoms with Gasteiger partial charge in [0.15, 0.2) is 11.5 Å². The average Bonchev–Trinajstić information content (AvgIpc) is 3.45. The average molecular weight is 562 g/mol. The van der Waals surface area contributed by atoms with E-state index in [1.165, 1.54) is 17.3 Å². The van der Waals surface area contributed by atoms with Crippen molar-refractivity contribution in [2.45, 2.75) is 31.1 Å². The second-order valence-electron chi connectivity index (χ2n) is 9.72. The molecule has 2 N–H and O–H groups in total. The van der Waals surface area contributed by atoms with Gasteiger partial charge in [0, 0.05) is 27.9 Å². The third kappa shape index (κ3) is 5.94. The van der Waals surface area contributed by atoms with Crippen LogP contribution in [0.3, 0.4) is 0 Å². The summed E-state index contributed by atoms with van der Waals surface area (Å²) in [5.74, 6) is 3.03. The van der Waals surface area contributed by atoms with Crippen LogP contribution in [0.5, 0.6) is 11.5 Å². The zero-order valence-corrected chi connectivity index (χ0v) is 23.8. The molecule has 6 nitrogen and oxygen atoms in total. The van der Waals surface area contributed by atoms with E-state index in [-0.39, 0.29) is 17.9 Å². The Kier molecular flexibility index (Phi) is 8.48. The van der Waals surface area contributed by atoms with Crippen LogP contribution in [0.15, 0.2) is 77.9 Å². The highest BCUT2D eigenvalue weighted by Crippen LogP contribution is 2.52. The van der Waals surface area contributed by atoms with Gasteiger partial charge in [-0.3, -0.25) is 4.79 Å². The first-order valence-corrected chi connectivity index (χ1v) is 14.5. The zero-order valence-electron chi connectivity index (χ0n) is 22.2. The van der Waals surface area contributed by atoms with Gasteiger partial charge in [-0.15, -0.1) is 11.8 Å². The fourth-order valence-corrected chi connectivity index (χ4v) is 6.40. The summed E-state index contributed by atoms with van der Waals surface area (Å²) in [4.78, 5) is 12.4. The molecule has 0 radical (unpaired) electrons. The predicted octanol–water partition coefficient (Wildman–Crippen LogP) is 6.96. The summed E-state index contributed by atoms with van der Waals surface area (Å²) >= 11 is 7.57. The lowest BCUT2D eigenvalue weighted by molar-refractivity contribution is -0.118. The standard InChI is InChI=1S/C31H32ClN3O3S/c1-19(34-35-29(36)18-39-17-20-7-4-8-22(32)15-20)21-13-14-27-26(16-21)23-9-5-10-24(23)30(33-27)25-11-6-12-28(37-2)31(25)38-3/h4-9,11-16,23-24,30,33H,10,17-18H2,1-3H3,(H,35,36)/b34-19-/t23-,24+,30-/m1/s1. The molecule has 0 aromatic heterocycles. The first kappa shape index (κ1) is 27.2. The van der Waals surface area contributed by atoms with Crippen molar-refractivity contribution in [2.24, 2.45) is 11.0 Å². The zero-order chi connectivity index (χ0) is 27.4. The molecule has 0 fully saturated rings. The highest BCUT2D eigenvalue weighted by atomic mass is 35.5. The van der Waals surface area contributed by atoms with Crippen LogP contribution >= 0.6 is 23.4 Å². The van der Waals surface area contributed by atoms with Crippen molar-refractivity contribution in [1.82, 2.24) is 5.43 Å². The molecule has 3 aromatic rings. The maximum atomic E-state index is 12.4. The number of fused-ring (bicyclic) bond motifs is 3. The highest BCUT2D eigenvalue weighted by Gasteiger charge is 2.39. The summed E-state index contributed by atoms with van der Waals surface area (Å²) in [5, 5.41) is 8.86. The lowest BCUT2D eigenvalue weighted by Gasteiger charge is -2.38. The smallest absolute Gasteiger partial charge is 0.250 e. The number of halogens is 1. The normalized spacial score (nSPS) is 19.6. The third-order valence-electron chi connectivity index (χ3n) is 7.29. The Morgan fingerprint density at radius 1 is 1.10 bits per heavy atom. The molecule has 0 bridgehead atoms. The number of anilines is 1. The van der Waals surface area contributed by atoms with Gasteiger partial charge in [0.1, 0.15) is 0 Å². The van der Waals surface area contributed by atoms with E-state index in [2.05, 4.69) is 46.2 Å². The Morgan fingerprint density at radius 2 is 1.95 bits per heavy atom. The van der Waals surface area contributed by atoms with Crippen molar-refractivity contribution in [2.75, 3.05) is 25.3 Å². The number of amides is 1. The molecule has 0 unspecified atom stereocenters. The van der Waals surface area contributed by atoms with E-state index < -0.39 is 0 Å². The number of thioether (sulfide) groups is 1. The fourth-order valence-electron chi connectivity index (χ4n) is 5.42. The van der Waals surface area contributed by atoms with Gasteiger partial charge in [-0.05, 0) is 66.3 Å². The van der Waals surface area contributed by atoms with Crippen molar-refractivity contribution in [3.63, 3.8) is 0 Å². The molecule has 0 spiro atoms. The van der Waals surface area contributed by atoms with E-state index in [0.717, 1.165) is 46.0 Å². The topological polar surface area (TPSA) is 72.0 Å². The number of hydrazone groups is 1. The summed E-state index contributed by atoms with van der Waals surface area (Å²) in [6.07, 6.45) is 5.54. The molecule has 1 amide bonds. The van der Waals surface area contributed by atoms with Crippen LogP contribution in [0, 0.1) is 5.92 Å². The van der Waals surface area contributed by atoms with Crippen molar-refractivity contribution >= 4 is 40.7 Å². The fraction of sp³-hybridized carbons (Fsp3) is 0.290. The molecule has 1 aliphatic carbocycles. The molecule has 3 atom stereocenters. The number of hydrogen-bond donors (Lipinski definition) is 2. The molecule has 1 aliphatic heterocycles. The van der Waals surface area contributed by atoms with Crippen LogP contribution in [0.1, 0.15) is 47.6 Å². The molecular formula is C31H32ClN3O3S. The molecule has 8 heteroatoms. The summed E-state index contributed by atoms with van der Waals surface area (Å²) in [5.41, 5.74) is 8.97. The molecule has 3 aromatic carbocycles. The number of allylic oxidation sites excluding steroid dienone is 2. The highest BCUT2D eigenvalue weighted by molar-refractivity contribution is 7.99. The summed E-state index contributed by atoms with van der Waals surface area (Å²) in [6, 6.07) is 20.2. The van der Waals surface area contributed by atoms with Crippen LogP contribution in [-0.2, 0) is 10.5 Å². The van der Waals surface area contributed by atoms with E-state index in [1.807, 2.05) is 49.4 Å². The molecule has 1 heterocycles. The number of carbonyl (C=O) groups is 1. The van der Waals surface area contributed by atoms with E-state index in [1.54, 1.807) is 14.2 Å². The van der Waals surface area contributed by atoms with Gasteiger partial charge in [0.2, 0.25) is 5.91 Å². The minimum absolute atomic E-state index is 0.0897. The second kappa shape index (κ2) is 12.2. The van der Waals surface area contributed by atoms with E-state index >= 15 is 0 Å². The molecular weight excluding hydrogens is 530 g/mol. The number of rotatable bonds is 9. The van der Waals surface area contributed by atoms with Gasteiger partial charge in [-0.2, -0.15) is 5.10 Å². The lowest BCUT2D eigenvalue weighted by atomic mass is 9.76. The molecule has 0 saturated carbocycles. The number of benzene rings is 3. The van der Waals surface area contributed by atoms with E-state index in [4.69, 9.17) is 21.1 Å². The summed E-state index contributed by atoms with van der Waals surface area (Å²) in [6.45, 7) is 1.92. The Morgan fingerprint density at radius 3 is 2.74 bits per heavy atom. The first-order valence-electron chi connectivity index (χ1n) is 12.9. The van der Waals surface area contributed by atoms with Crippen molar-refractivity contribution < 1.29 is 14.3 Å². The number of methoxy groups -OCH3 is 2. The largest absolute Gasteiger partial charge is 0.493 e. The summed E-state index contributed by atoms with van der Waals surface area (Å²) < 4.78 is 11.3. The van der Waals surface area contributed by atoms with E-state index in [9.17, 15) is 4.79 Å². The van der Waals surface area contributed by atoms with Gasteiger partial charge < -0.3 is 14.8 Å². The maximum absolute atomic E-state index is 12.4. The van der Waals surface area contributed by atoms with Gasteiger partial charge in [0.25, 0.3) is 0 Å². The van der Waals surface area contributed by atoms with Crippen molar-refractivity contribution in [3.8, 4) is 11.5 Å². The third-order valence-corrected chi connectivity index (χ3v) is 8.53. The van der Waals surface area contributed by atoms with Crippen LogP contribution in [0.25, 0.3) is 0 Å². The van der Waals surface area contributed by atoms with Crippen LogP contribution in [0.4, 0.5) is 5.69 Å². The Labute approximate surface area is 238 Å². The van der Waals surface area contributed by atoms with Gasteiger partial charge in [-0.1, -0.05) is 54.1 Å². The minimum Gasteiger partial charge on any atom is -0.493 e. The second-order valence-corrected chi connectivity index (χ2v) is 11.1. The number of ether oxygens (including phenoxy) is 2. The van der Waals surface area contributed by atoms with Crippen molar-refractivity contribution in [1.29, 1.82) is 0 Å². The van der Waals surface area contributed by atoms with Crippen LogP contribution in [-0.4, -0.2) is 31.6 Å². The Hall–Kier alpha value is -3.42. The predicted molar refractivity (Wildman–Crippen MR) is 160 cm³/mol. The maximum Gasteiger partial charge on any atom is 0.250 e. The monoisotopic (exact) mass is 561 g/mol. The Balaban J connectivity index is 1.28. The SMILES string of the molecule is COc1cccc([C@@H]2Nc3ccc(/C(C)=N\NC(=O)CSCc4cccc(Cl)c4)cc3[C@@H]3C=CC[C@@H]32)c1OC. The lowest BCUT2D eigenvalue weighted by Crippen LogP contribution is -2.29.